The fraction of sp³-hybridized carbons (Fsp3) is 0.0476. The van der Waals surface area contributed by atoms with E-state index >= 15 is 0 Å². The van der Waals surface area contributed by atoms with Gasteiger partial charge in [0.15, 0.2) is 0 Å². The van der Waals surface area contributed by atoms with E-state index in [2.05, 4.69) is 10.3 Å². The third-order valence-corrected chi connectivity index (χ3v) is 5.11. The van der Waals surface area contributed by atoms with Gasteiger partial charge in [0.1, 0.15) is 10.7 Å². The number of aromatic nitrogens is 2. The molecule has 1 amide bonds. The fourth-order valence-electron chi connectivity index (χ4n) is 2.84. The summed E-state index contributed by atoms with van der Waals surface area (Å²) < 4.78 is 15.2. The molecule has 3 aromatic heterocycles. The molecular weight excluding hydrogens is 361 g/mol. The summed E-state index contributed by atoms with van der Waals surface area (Å²) in [6.45, 7) is 0.356. The molecule has 0 saturated heterocycles. The highest BCUT2D eigenvalue weighted by Crippen LogP contribution is 2.35. The van der Waals surface area contributed by atoms with Crippen LogP contribution in [0.25, 0.3) is 16.8 Å². The van der Waals surface area contributed by atoms with Crippen LogP contribution in [-0.4, -0.2) is 15.5 Å². The Hall–Kier alpha value is -3.25. The minimum atomic E-state index is -0.287. The summed E-state index contributed by atoms with van der Waals surface area (Å²) in [5.41, 5.74) is 3.33. The van der Waals surface area contributed by atoms with E-state index in [1.807, 2.05) is 52.7 Å². The summed E-state index contributed by atoms with van der Waals surface area (Å²) >= 11 is 1.37. The molecule has 3 heterocycles. The molecule has 0 aliphatic heterocycles. The van der Waals surface area contributed by atoms with Crippen molar-refractivity contribution < 1.29 is 9.18 Å². The van der Waals surface area contributed by atoms with Crippen molar-refractivity contribution in [3.63, 3.8) is 0 Å². The van der Waals surface area contributed by atoms with Gasteiger partial charge in [-0.05, 0) is 42.0 Å². The summed E-state index contributed by atoms with van der Waals surface area (Å²) in [7, 11) is 0. The summed E-state index contributed by atoms with van der Waals surface area (Å²) in [4.78, 5) is 17.7. The molecule has 0 aliphatic carbocycles. The molecular formula is C21H16FN3OS. The maximum atomic E-state index is 13.3. The largest absolute Gasteiger partial charge is 0.346 e. The van der Waals surface area contributed by atoms with Crippen LogP contribution < -0.4 is 5.32 Å². The van der Waals surface area contributed by atoms with E-state index < -0.39 is 0 Å². The van der Waals surface area contributed by atoms with Crippen LogP contribution in [0.2, 0.25) is 0 Å². The fourth-order valence-corrected chi connectivity index (χ4v) is 3.83. The summed E-state index contributed by atoms with van der Waals surface area (Å²) in [5, 5.41) is 4.86. The molecule has 0 fully saturated rings. The Labute approximate surface area is 159 Å². The number of halogens is 1. The number of hydrogen-bond acceptors (Lipinski definition) is 3. The average Bonchev–Trinajstić information content (AvgIpc) is 3.37. The van der Waals surface area contributed by atoms with Gasteiger partial charge in [-0.1, -0.05) is 18.2 Å². The molecule has 0 spiro atoms. The van der Waals surface area contributed by atoms with Crippen LogP contribution in [0.3, 0.4) is 0 Å². The van der Waals surface area contributed by atoms with Crippen molar-refractivity contribution in [1.29, 1.82) is 0 Å². The molecule has 0 bridgehead atoms. The van der Waals surface area contributed by atoms with Crippen molar-refractivity contribution in [1.82, 2.24) is 14.9 Å². The minimum Gasteiger partial charge on any atom is -0.346 e. The number of thiophene rings is 1. The Balaban J connectivity index is 1.68. The Bertz CT molecular complexity index is 1040. The van der Waals surface area contributed by atoms with E-state index in [1.165, 1.54) is 23.5 Å². The van der Waals surface area contributed by atoms with Gasteiger partial charge in [0.05, 0.1) is 17.9 Å². The van der Waals surface area contributed by atoms with E-state index in [0.717, 1.165) is 22.5 Å². The quantitative estimate of drug-likeness (QED) is 0.549. The highest BCUT2D eigenvalue weighted by molar-refractivity contribution is 7.13. The van der Waals surface area contributed by atoms with Gasteiger partial charge < -0.3 is 9.88 Å². The van der Waals surface area contributed by atoms with E-state index in [4.69, 9.17) is 0 Å². The summed E-state index contributed by atoms with van der Waals surface area (Å²) in [5.74, 6) is -0.451. The van der Waals surface area contributed by atoms with Crippen molar-refractivity contribution >= 4 is 17.2 Å². The number of nitrogens with one attached hydrogen (secondary N) is 1. The molecule has 0 radical (unpaired) electrons. The molecule has 4 rings (SSSR count). The standard InChI is InChI=1S/C21H16FN3OS/c22-16-8-6-15(7-9-16)18-14-27-20(19(18)25-11-3-4-12-25)21(26)24-13-17-5-1-2-10-23-17/h1-12,14H,13H2,(H,24,26). The van der Waals surface area contributed by atoms with Crippen LogP contribution in [0, 0.1) is 5.82 Å². The number of pyridine rings is 1. The van der Waals surface area contributed by atoms with Gasteiger partial charge in [-0.3, -0.25) is 9.78 Å². The monoisotopic (exact) mass is 377 g/mol. The topological polar surface area (TPSA) is 46.9 Å². The molecule has 4 nitrogen and oxygen atoms in total. The molecule has 134 valence electrons. The van der Waals surface area contributed by atoms with Crippen LogP contribution in [0.4, 0.5) is 4.39 Å². The number of carbonyl (C=O) groups excluding carboxylic acids is 1. The van der Waals surface area contributed by atoms with Gasteiger partial charge in [0, 0.05) is 29.5 Å². The van der Waals surface area contributed by atoms with Gasteiger partial charge in [-0.15, -0.1) is 11.3 Å². The van der Waals surface area contributed by atoms with Crippen molar-refractivity contribution in [2.24, 2.45) is 0 Å². The summed E-state index contributed by atoms with van der Waals surface area (Å²) in [6, 6.07) is 15.7. The third kappa shape index (κ3) is 3.66. The average molecular weight is 377 g/mol. The first-order valence-electron chi connectivity index (χ1n) is 8.41. The van der Waals surface area contributed by atoms with Gasteiger partial charge in [0.2, 0.25) is 0 Å². The van der Waals surface area contributed by atoms with E-state index in [-0.39, 0.29) is 11.7 Å². The lowest BCUT2D eigenvalue weighted by atomic mass is 10.1. The third-order valence-electron chi connectivity index (χ3n) is 4.15. The normalized spacial score (nSPS) is 10.7. The molecule has 27 heavy (non-hydrogen) atoms. The van der Waals surface area contributed by atoms with Crippen molar-refractivity contribution in [2.75, 3.05) is 0 Å². The first-order valence-corrected chi connectivity index (χ1v) is 9.29. The SMILES string of the molecule is O=C(NCc1ccccn1)c1scc(-c2ccc(F)cc2)c1-n1cccc1. The molecule has 4 aromatic rings. The molecule has 0 saturated carbocycles. The second kappa shape index (κ2) is 7.55. The Morgan fingerprint density at radius 2 is 1.85 bits per heavy atom. The minimum absolute atomic E-state index is 0.164. The number of carbonyl (C=O) groups is 1. The lowest BCUT2D eigenvalue weighted by Gasteiger charge is -2.10. The Kier molecular flexibility index (Phi) is 4.80. The lowest BCUT2D eigenvalue weighted by Crippen LogP contribution is -2.23. The number of nitrogens with zero attached hydrogens (tertiary/aromatic N) is 2. The zero-order chi connectivity index (χ0) is 18.6. The van der Waals surface area contributed by atoms with Crippen LogP contribution in [0.5, 0.6) is 0 Å². The summed E-state index contributed by atoms with van der Waals surface area (Å²) in [6.07, 6.45) is 5.49. The predicted molar refractivity (Wildman–Crippen MR) is 104 cm³/mol. The van der Waals surface area contributed by atoms with E-state index in [0.29, 0.717) is 11.4 Å². The smallest absolute Gasteiger partial charge is 0.263 e. The maximum Gasteiger partial charge on any atom is 0.263 e. The second-order valence-electron chi connectivity index (χ2n) is 5.93. The lowest BCUT2D eigenvalue weighted by molar-refractivity contribution is 0.0954. The number of benzene rings is 1. The van der Waals surface area contributed by atoms with Crippen LogP contribution in [-0.2, 0) is 6.54 Å². The van der Waals surface area contributed by atoms with Crippen LogP contribution >= 0.6 is 11.3 Å². The molecule has 1 N–H and O–H groups in total. The number of rotatable bonds is 5. The van der Waals surface area contributed by atoms with Crippen LogP contribution in [0.15, 0.2) is 78.6 Å². The molecule has 6 heteroatoms. The van der Waals surface area contributed by atoms with E-state index in [1.54, 1.807) is 18.3 Å². The predicted octanol–water partition coefficient (Wildman–Crippen LogP) is 4.67. The Morgan fingerprint density at radius 3 is 2.56 bits per heavy atom. The molecule has 0 aliphatic rings. The zero-order valence-electron chi connectivity index (χ0n) is 14.3. The van der Waals surface area contributed by atoms with Crippen molar-refractivity contribution in [3.8, 4) is 16.8 Å². The highest BCUT2D eigenvalue weighted by atomic mass is 32.1. The molecule has 1 aromatic carbocycles. The van der Waals surface area contributed by atoms with Crippen molar-refractivity contribution in [3.05, 3.63) is 95.0 Å². The highest BCUT2D eigenvalue weighted by Gasteiger charge is 2.20. The first-order chi connectivity index (χ1) is 13.2. The Morgan fingerprint density at radius 1 is 1.07 bits per heavy atom. The van der Waals surface area contributed by atoms with Crippen molar-refractivity contribution in [2.45, 2.75) is 6.54 Å². The molecule has 0 atom stereocenters. The number of amides is 1. The van der Waals surface area contributed by atoms with Gasteiger partial charge >= 0.3 is 0 Å². The van der Waals surface area contributed by atoms with Gasteiger partial charge in [-0.25, -0.2) is 4.39 Å². The van der Waals surface area contributed by atoms with Crippen LogP contribution in [0.1, 0.15) is 15.4 Å². The van der Waals surface area contributed by atoms with Gasteiger partial charge in [-0.2, -0.15) is 0 Å². The first kappa shape index (κ1) is 17.2. The second-order valence-corrected chi connectivity index (χ2v) is 6.81. The maximum absolute atomic E-state index is 13.3. The number of hydrogen-bond donors (Lipinski definition) is 1. The van der Waals surface area contributed by atoms with Gasteiger partial charge in [0.25, 0.3) is 5.91 Å². The molecule has 0 unspecified atom stereocenters. The zero-order valence-corrected chi connectivity index (χ0v) is 15.1. The van der Waals surface area contributed by atoms with E-state index in [9.17, 15) is 9.18 Å².